The Balaban J connectivity index is 1.87. The quantitative estimate of drug-likeness (QED) is 0.567. The third kappa shape index (κ3) is 2.60. The minimum absolute atomic E-state index is 0.0497. The maximum absolute atomic E-state index is 12.2. The molecule has 3 rings (SSSR count). The van der Waals surface area contributed by atoms with Gasteiger partial charge in [-0.1, -0.05) is 19.9 Å². The summed E-state index contributed by atoms with van der Waals surface area (Å²) < 4.78 is 11.4. The molecule has 132 valence electrons. The average molecular weight is 332 g/mol. The molecule has 0 bridgehead atoms. The SMILES string of the molecule is C/C=C(/C)C(=O)O[C@@H]1CC[C@H](C)[C@@]2(C)CC3=C(C)C(=O)O[C@@H]3C[C@@H]12. The van der Waals surface area contributed by atoms with Crippen LogP contribution >= 0.6 is 0 Å². The van der Waals surface area contributed by atoms with Crippen molar-refractivity contribution in [3.63, 3.8) is 0 Å². The molecule has 3 aliphatic rings. The normalized spacial score (nSPS) is 39.2. The first-order valence-electron chi connectivity index (χ1n) is 9.02. The van der Waals surface area contributed by atoms with Crippen molar-refractivity contribution in [1.29, 1.82) is 0 Å². The van der Waals surface area contributed by atoms with E-state index in [9.17, 15) is 9.59 Å². The van der Waals surface area contributed by atoms with Gasteiger partial charge in [0.15, 0.2) is 0 Å². The van der Waals surface area contributed by atoms with Crippen molar-refractivity contribution < 1.29 is 19.1 Å². The van der Waals surface area contributed by atoms with Gasteiger partial charge in [-0.2, -0.15) is 0 Å². The van der Waals surface area contributed by atoms with Gasteiger partial charge in [0, 0.05) is 17.1 Å². The second-order valence-corrected chi connectivity index (χ2v) is 7.96. The lowest BCUT2D eigenvalue weighted by atomic mass is 9.53. The van der Waals surface area contributed by atoms with E-state index in [0.29, 0.717) is 11.5 Å². The summed E-state index contributed by atoms with van der Waals surface area (Å²) in [6.45, 7) is 10.1. The van der Waals surface area contributed by atoms with E-state index in [1.165, 1.54) is 5.57 Å². The monoisotopic (exact) mass is 332 g/mol. The van der Waals surface area contributed by atoms with Crippen LogP contribution in [-0.2, 0) is 19.1 Å². The molecule has 0 saturated heterocycles. The van der Waals surface area contributed by atoms with E-state index < -0.39 is 0 Å². The highest BCUT2D eigenvalue weighted by molar-refractivity contribution is 5.91. The number of carbonyl (C=O) groups is 2. The number of allylic oxidation sites excluding steroid dienone is 1. The summed E-state index contributed by atoms with van der Waals surface area (Å²) >= 11 is 0. The van der Waals surface area contributed by atoms with E-state index in [0.717, 1.165) is 31.3 Å². The van der Waals surface area contributed by atoms with Crippen LogP contribution in [0.1, 0.15) is 60.3 Å². The van der Waals surface area contributed by atoms with Gasteiger partial charge in [-0.25, -0.2) is 9.59 Å². The van der Waals surface area contributed by atoms with Crippen LogP contribution < -0.4 is 0 Å². The lowest BCUT2D eigenvalue weighted by molar-refractivity contribution is -0.163. The second kappa shape index (κ2) is 6.05. The summed E-state index contributed by atoms with van der Waals surface area (Å²) in [5, 5.41) is 0. The van der Waals surface area contributed by atoms with Crippen LogP contribution in [0.15, 0.2) is 22.8 Å². The van der Waals surface area contributed by atoms with Crippen molar-refractivity contribution in [3.05, 3.63) is 22.8 Å². The molecule has 5 atom stereocenters. The van der Waals surface area contributed by atoms with Crippen molar-refractivity contribution in [2.24, 2.45) is 17.3 Å². The number of hydrogen-bond acceptors (Lipinski definition) is 4. The van der Waals surface area contributed by atoms with E-state index in [4.69, 9.17) is 9.47 Å². The highest BCUT2D eigenvalue weighted by Gasteiger charge is 2.54. The predicted molar refractivity (Wildman–Crippen MR) is 91.1 cm³/mol. The molecule has 0 N–H and O–H groups in total. The van der Waals surface area contributed by atoms with Crippen LogP contribution in [0.4, 0.5) is 0 Å². The van der Waals surface area contributed by atoms with Crippen LogP contribution in [0.3, 0.4) is 0 Å². The van der Waals surface area contributed by atoms with Crippen molar-refractivity contribution in [3.8, 4) is 0 Å². The van der Waals surface area contributed by atoms with E-state index in [2.05, 4.69) is 13.8 Å². The Morgan fingerprint density at radius 1 is 1.38 bits per heavy atom. The fourth-order valence-corrected chi connectivity index (χ4v) is 4.69. The molecular formula is C20H28O4. The molecule has 24 heavy (non-hydrogen) atoms. The van der Waals surface area contributed by atoms with Gasteiger partial charge in [0.05, 0.1) is 0 Å². The van der Waals surface area contributed by atoms with Crippen LogP contribution in [0, 0.1) is 17.3 Å². The largest absolute Gasteiger partial charge is 0.459 e. The molecule has 0 aromatic rings. The molecule has 1 heterocycles. The first kappa shape index (κ1) is 17.2. The summed E-state index contributed by atoms with van der Waals surface area (Å²) in [5.41, 5.74) is 2.65. The van der Waals surface area contributed by atoms with Crippen molar-refractivity contribution in [2.75, 3.05) is 0 Å². The van der Waals surface area contributed by atoms with Gasteiger partial charge >= 0.3 is 11.9 Å². The summed E-state index contributed by atoms with van der Waals surface area (Å²) in [6.07, 6.45) is 5.16. The number of fused-ring (bicyclic) bond motifs is 2. The van der Waals surface area contributed by atoms with E-state index in [1.54, 1.807) is 13.0 Å². The fraction of sp³-hybridized carbons (Fsp3) is 0.700. The van der Waals surface area contributed by atoms with Gasteiger partial charge in [0.1, 0.15) is 12.2 Å². The third-order valence-electron chi connectivity index (χ3n) is 6.78. The standard InChI is InChI=1S/C20H28O4/c1-6-11(2)18(21)23-16-8-7-12(3)20(5)10-14-13(4)19(22)24-17(14)9-15(16)20/h6,12,15-17H,7-10H2,1-5H3/b11-6-/t12-,15-,16+,17+,20+/m0/s1. The fourth-order valence-electron chi connectivity index (χ4n) is 4.69. The zero-order valence-electron chi connectivity index (χ0n) is 15.3. The van der Waals surface area contributed by atoms with E-state index >= 15 is 0 Å². The number of ether oxygens (including phenoxy) is 2. The number of rotatable bonds is 2. The number of esters is 2. The Morgan fingerprint density at radius 3 is 2.75 bits per heavy atom. The number of hydrogen-bond donors (Lipinski definition) is 0. The summed E-state index contributed by atoms with van der Waals surface area (Å²) in [4.78, 5) is 24.2. The predicted octanol–water partition coefficient (Wildman–Crippen LogP) is 3.95. The zero-order valence-corrected chi connectivity index (χ0v) is 15.3. The second-order valence-electron chi connectivity index (χ2n) is 7.96. The maximum Gasteiger partial charge on any atom is 0.334 e. The summed E-state index contributed by atoms with van der Waals surface area (Å²) in [5.74, 6) is 0.378. The molecule has 2 saturated carbocycles. The maximum atomic E-state index is 12.2. The molecule has 0 aromatic heterocycles. The molecule has 4 heteroatoms. The molecule has 0 aromatic carbocycles. The Bertz CT molecular complexity index is 630. The Hall–Kier alpha value is -1.58. The minimum atomic E-state index is -0.222. The molecule has 0 radical (unpaired) electrons. The van der Waals surface area contributed by atoms with Gasteiger partial charge in [0.25, 0.3) is 0 Å². The molecule has 0 unspecified atom stereocenters. The molecule has 2 aliphatic carbocycles. The van der Waals surface area contributed by atoms with Crippen LogP contribution in [0.5, 0.6) is 0 Å². The van der Waals surface area contributed by atoms with Crippen LogP contribution in [0.2, 0.25) is 0 Å². The third-order valence-corrected chi connectivity index (χ3v) is 6.78. The first-order valence-corrected chi connectivity index (χ1v) is 9.02. The van der Waals surface area contributed by atoms with E-state index in [-0.39, 0.29) is 35.5 Å². The lowest BCUT2D eigenvalue weighted by Gasteiger charge is -2.53. The van der Waals surface area contributed by atoms with Gasteiger partial charge in [-0.3, -0.25) is 0 Å². The zero-order chi connectivity index (χ0) is 17.6. The van der Waals surface area contributed by atoms with Gasteiger partial charge in [-0.15, -0.1) is 0 Å². The smallest absolute Gasteiger partial charge is 0.334 e. The first-order chi connectivity index (χ1) is 11.3. The lowest BCUT2D eigenvalue weighted by Crippen LogP contribution is -2.51. The van der Waals surface area contributed by atoms with Gasteiger partial charge in [0.2, 0.25) is 0 Å². The average Bonchev–Trinajstić information content (AvgIpc) is 2.82. The van der Waals surface area contributed by atoms with E-state index in [1.807, 2.05) is 13.8 Å². The minimum Gasteiger partial charge on any atom is -0.459 e. The number of carbonyl (C=O) groups excluding carboxylic acids is 2. The summed E-state index contributed by atoms with van der Waals surface area (Å²) in [7, 11) is 0. The van der Waals surface area contributed by atoms with Crippen LogP contribution in [-0.4, -0.2) is 24.1 Å². The van der Waals surface area contributed by atoms with Crippen molar-refractivity contribution >= 4 is 11.9 Å². The highest BCUT2D eigenvalue weighted by Crippen LogP contribution is 2.57. The molecule has 4 nitrogen and oxygen atoms in total. The molecule has 0 amide bonds. The van der Waals surface area contributed by atoms with Crippen molar-refractivity contribution in [2.45, 2.75) is 72.5 Å². The van der Waals surface area contributed by atoms with Crippen LogP contribution in [0.25, 0.3) is 0 Å². The van der Waals surface area contributed by atoms with Gasteiger partial charge in [-0.05, 0) is 63.4 Å². The Kier molecular flexibility index (Phi) is 4.35. The Morgan fingerprint density at radius 2 is 2.08 bits per heavy atom. The topological polar surface area (TPSA) is 52.6 Å². The van der Waals surface area contributed by atoms with Crippen molar-refractivity contribution in [1.82, 2.24) is 0 Å². The molecule has 2 fully saturated rings. The highest BCUT2D eigenvalue weighted by atomic mass is 16.6. The van der Waals surface area contributed by atoms with Gasteiger partial charge < -0.3 is 9.47 Å². The molecule has 1 aliphatic heterocycles. The Labute approximate surface area is 144 Å². The molecule has 0 spiro atoms. The summed E-state index contributed by atoms with van der Waals surface area (Å²) in [6, 6.07) is 0. The molecular weight excluding hydrogens is 304 g/mol.